The van der Waals surface area contributed by atoms with E-state index in [0.29, 0.717) is 12.0 Å². The predicted molar refractivity (Wildman–Crippen MR) is 297 cm³/mol. The number of carbonyl (C=O) groups is 2. The fraction of sp³-hybridized carbons (Fsp3) is 0.800. The third-order valence-electron chi connectivity index (χ3n) is 16.7. The van der Waals surface area contributed by atoms with Crippen molar-refractivity contribution in [3.8, 4) is 0 Å². The highest BCUT2D eigenvalue weighted by Crippen LogP contribution is 2.43. The van der Waals surface area contributed by atoms with E-state index in [9.17, 15) is 45.3 Å². The van der Waals surface area contributed by atoms with Gasteiger partial charge in [0.15, 0.2) is 25.0 Å². The molecule has 0 bridgehead atoms. The first-order valence-corrected chi connectivity index (χ1v) is 28.8. The van der Waals surface area contributed by atoms with Crippen LogP contribution in [0, 0.1) is 17.8 Å². The van der Waals surface area contributed by atoms with Gasteiger partial charge in [-0.05, 0) is 74.3 Å². The summed E-state index contributed by atoms with van der Waals surface area (Å²) >= 11 is 0. The third-order valence-corrected chi connectivity index (χ3v) is 16.7. The first kappa shape index (κ1) is 69.7. The molecule has 22 heteroatoms. The molecule has 0 radical (unpaired) electrons. The molecule has 25 atom stereocenters. The van der Waals surface area contributed by atoms with Crippen LogP contribution in [0.5, 0.6) is 0 Å². The molecule has 7 N–H and O–H groups in total. The van der Waals surface area contributed by atoms with E-state index in [0.717, 1.165) is 11.1 Å². The highest BCUT2D eigenvalue weighted by Gasteiger charge is 2.58. The van der Waals surface area contributed by atoms with Crippen LogP contribution in [0.2, 0.25) is 0 Å². The highest BCUT2D eigenvalue weighted by molar-refractivity contribution is 5.88. The van der Waals surface area contributed by atoms with Gasteiger partial charge in [-0.25, -0.2) is 4.79 Å². The van der Waals surface area contributed by atoms with Crippen LogP contribution in [0.4, 0.5) is 0 Å². The summed E-state index contributed by atoms with van der Waals surface area (Å²) in [6, 6.07) is 0. The molecule has 470 valence electrons. The summed E-state index contributed by atoms with van der Waals surface area (Å²) in [5, 5.41) is 82.4. The number of methoxy groups -OCH3 is 4. The Hall–Kier alpha value is -3.08. The van der Waals surface area contributed by atoms with E-state index in [1.807, 2.05) is 51.2 Å². The summed E-state index contributed by atoms with van der Waals surface area (Å²) in [7, 11) is 5.80. The zero-order valence-electron chi connectivity index (χ0n) is 50.9. The van der Waals surface area contributed by atoms with Gasteiger partial charge in [0.25, 0.3) is 0 Å². The number of ether oxygens (including phenoxy) is 13. The van der Waals surface area contributed by atoms with Gasteiger partial charge in [-0.1, -0.05) is 67.9 Å². The topological polar surface area (TPSA) is 296 Å². The summed E-state index contributed by atoms with van der Waals surface area (Å²) in [5.41, 5.74) is 0.917. The minimum Gasteiger partial charge on any atom is -0.457 e. The lowest BCUT2D eigenvalue weighted by Crippen LogP contribution is -2.66. The zero-order chi connectivity index (χ0) is 61.1. The first-order valence-electron chi connectivity index (χ1n) is 28.8. The van der Waals surface area contributed by atoms with Gasteiger partial charge in [0.1, 0.15) is 36.6 Å². The van der Waals surface area contributed by atoms with Crippen molar-refractivity contribution < 1.29 is 107 Å². The first-order chi connectivity index (χ1) is 38.5. The van der Waals surface area contributed by atoms with Gasteiger partial charge in [0, 0.05) is 84.4 Å². The Morgan fingerprint density at radius 1 is 0.780 bits per heavy atom. The summed E-state index contributed by atoms with van der Waals surface area (Å²) in [4.78, 5) is 26.3. The molecule has 5 aliphatic rings. The normalized spacial score (nSPS) is 45.3. The molecule has 0 aromatic rings. The molecule has 0 amide bonds. The largest absolute Gasteiger partial charge is 0.457 e. The number of carbonyl (C=O) groups excluding carboxylic acids is 2. The molecular weight excluding hydrogens is 1070 g/mol. The molecule has 0 unspecified atom stereocenters. The fourth-order valence-corrected chi connectivity index (χ4v) is 11.9. The van der Waals surface area contributed by atoms with Gasteiger partial charge >= 0.3 is 11.9 Å². The quantitative estimate of drug-likeness (QED) is 0.107. The summed E-state index contributed by atoms with van der Waals surface area (Å²) < 4.78 is 78.0. The molecule has 0 saturated carbocycles. The number of aliphatic hydroxyl groups excluding tert-OH is 5. The van der Waals surface area contributed by atoms with Crippen LogP contribution in [0.25, 0.3) is 0 Å². The molecule has 0 aliphatic carbocycles. The Morgan fingerprint density at radius 2 is 1.45 bits per heavy atom. The van der Waals surface area contributed by atoms with Crippen molar-refractivity contribution in [2.75, 3.05) is 35.0 Å². The van der Waals surface area contributed by atoms with Gasteiger partial charge in [0.2, 0.25) is 5.79 Å². The maximum atomic E-state index is 14.2. The van der Waals surface area contributed by atoms with Gasteiger partial charge in [-0.15, -0.1) is 0 Å². The number of hydrogen-bond donors (Lipinski definition) is 7. The van der Waals surface area contributed by atoms with Crippen LogP contribution in [0.15, 0.2) is 58.7 Å². The van der Waals surface area contributed by atoms with Gasteiger partial charge < -0.3 is 97.3 Å². The van der Waals surface area contributed by atoms with E-state index in [4.69, 9.17) is 61.6 Å². The van der Waals surface area contributed by atoms with Crippen LogP contribution in [0.1, 0.15) is 122 Å². The van der Waals surface area contributed by atoms with E-state index in [1.54, 1.807) is 54.5 Å². The monoisotopic (exact) mass is 1170 g/mol. The van der Waals surface area contributed by atoms with Crippen LogP contribution in [-0.4, -0.2) is 217 Å². The van der Waals surface area contributed by atoms with Crippen molar-refractivity contribution in [1.82, 2.24) is 0 Å². The Morgan fingerprint density at radius 3 is 2.07 bits per heavy atom. The number of esters is 2. The number of allylic oxidation sites excluding steroid dienone is 7. The maximum absolute atomic E-state index is 14.2. The molecule has 4 fully saturated rings. The molecule has 0 aromatic carbocycles. The second-order valence-corrected chi connectivity index (χ2v) is 23.6. The fourth-order valence-electron chi connectivity index (χ4n) is 11.9. The van der Waals surface area contributed by atoms with Crippen LogP contribution in [0.3, 0.4) is 0 Å². The lowest BCUT2D eigenvalue weighted by molar-refractivity contribution is -0.366. The molecule has 0 spiro atoms. The molecule has 0 aromatic heterocycles. The molecule has 4 saturated heterocycles. The summed E-state index contributed by atoms with van der Waals surface area (Å²) in [6.45, 7) is 20.3. The van der Waals surface area contributed by atoms with Crippen LogP contribution < -0.4 is 0 Å². The number of hydrogen-bond acceptors (Lipinski definition) is 22. The van der Waals surface area contributed by atoms with E-state index >= 15 is 0 Å². The molecule has 82 heavy (non-hydrogen) atoms. The molecule has 22 nitrogen and oxygen atoms in total. The van der Waals surface area contributed by atoms with Crippen molar-refractivity contribution in [1.29, 1.82) is 0 Å². The van der Waals surface area contributed by atoms with Gasteiger partial charge in [-0.2, -0.15) is 0 Å². The smallest absolute Gasteiger partial charge is 0.334 e. The Labute approximate surface area is 484 Å². The van der Waals surface area contributed by atoms with E-state index in [2.05, 4.69) is 0 Å². The van der Waals surface area contributed by atoms with Crippen LogP contribution in [-0.2, 0) is 71.2 Å². The molecular formula is C60H98O22. The Balaban J connectivity index is 1.38. The van der Waals surface area contributed by atoms with Crippen molar-refractivity contribution in [3.63, 3.8) is 0 Å². The molecule has 5 heterocycles. The van der Waals surface area contributed by atoms with Crippen molar-refractivity contribution >= 4 is 11.9 Å². The number of cyclic esters (lactones) is 1. The highest BCUT2D eigenvalue weighted by atomic mass is 16.7. The van der Waals surface area contributed by atoms with E-state index < -0.39 is 158 Å². The van der Waals surface area contributed by atoms with Crippen molar-refractivity contribution in [3.05, 3.63) is 58.7 Å². The second-order valence-electron chi connectivity index (χ2n) is 23.6. The third kappa shape index (κ3) is 18.0. The average molecular weight is 1170 g/mol. The Kier molecular flexibility index (Phi) is 26.4. The SMILES string of the molecule is COC[C@@H](C[C@H]1O[C@@](O)([C@H](O)[C@@H]2C[C@H](OC)[C@@H](O)CC/C=C(C)/C=C/[C@@H](O[C@@H]3O[C@@H](C)[C@H](OC)[C@@H](OC(C)=O)[C@@H]3O)[C@H](C)/C=C(C)/C=C(C)/C=C(\C)C(=O)O2)[C@H](C)[C@@H](O)[C@H]1C)O[C@H]1C[C@](C)(O)[C@@H](O[C@H]2C[C@@H](OC)[C@H](O)[C@@H](C)O2)[C@H](C)O1. The standard InChI is InChI=1S/C60H98O22/c1-30-18-17-19-42(62)45(71-14)26-47(79-57(67)34(5)24-32(3)22-31(2)23-33(4)43(21-20-30)80-58-52(65)54(77-40(11)61)53(73-16)38(9)76-58)55(66)60(69)36(7)50(63)35(6)44(82-60)25-41(29-70-13)78-49-28-59(12,68)56(39(10)75-49)81-48-27-46(72-15)51(64)37(8)74-48/h18,20-24,33,35-39,41-56,58,62-66,68-69H,17,19,25-29H2,1-16H3/b21-20+,30-18+,31-23+,32-22+,34-24+/t33-,35+,36-,37-,38+,39+,41-,42+,43-,44-,45+,46-,47+,48+,49+,50+,51-,52+,53+,54+,55-,56+,58+,59+,60-/m1/s1. The summed E-state index contributed by atoms with van der Waals surface area (Å²) in [5.74, 6) is -6.11. The molecule has 5 aliphatic heterocycles. The lowest BCUT2D eigenvalue weighted by atomic mass is 9.76. The number of aliphatic hydroxyl groups is 7. The summed E-state index contributed by atoms with van der Waals surface area (Å²) in [6.07, 6.45) is -8.36. The number of rotatable bonds is 16. The second kappa shape index (κ2) is 31.0. The Bertz CT molecular complexity index is 2200. The minimum absolute atomic E-state index is 0.00227. The van der Waals surface area contributed by atoms with Crippen molar-refractivity contribution in [2.45, 2.75) is 256 Å². The lowest BCUT2D eigenvalue weighted by Gasteiger charge is -2.51. The van der Waals surface area contributed by atoms with E-state index in [1.165, 1.54) is 42.3 Å². The predicted octanol–water partition coefficient (Wildman–Crippen LogP) is 4.16. The van der Waals surface area contributed by atoms with E-state index in [-0.39, 0.29) is 50.2 Å². The van der Waals surface area contributed by atoms with Gasteiger partial charge in [0.05, 0.1) is 73.2 Å². The van der Waals surface area contributed by atoms with Crippen molar-refractivity contribution in [2.24, 2.45) is 17.8 Å². The molecule has 5 rings (SSSR count). The maximum Gasteiger partial charge on any atom is 0.334 e. The zero-order valence-corrected chi connectivity index (χ0v) is 50.9. The van der Waals surface area contributed by atoms with Gasteiger partial charge in [-0.3, -0.25) is 4.79 Å². The van der Waals surface area contributed by atoms with Crippen LogP contribution >= 0.6 is 0 Å². The minimum atomic E-state index is -2.55. The average Bonchev–Trinajstić information content (AvgIpc) is 3.31.